The van der Waals surface area contributed by atoms with E-state index in [1.54, 1.807) is 19.4 Å². The number of carboxylic acids is 1. The van der Waals surface area contributed by atoms with Crippen LogP contribution in [0.3, 0.4) is 0 Å². The normalized spacial score (nSPS) is 10.7. The molecule has 0 atom stereocenters. The number of methoxy groups -OCH3 is 1. The van der Waals surface area contributed by atoms with Crippen LogP contribution in [-0.4, -0.2) is 42.9 Å². The Morgan fingerprint density at radius 1 is 1.50 bits per heavy atom. The molecule has 0 bridgehead atoms. The van der Waals surface area contributed by atoms with Crippen LogP contribution < -0.4 is 4.90 Å². The minimum Gasteiger partial charge on any atom is -0.477 e. The van der Waals surface area contributed by atoms with E-state index in [1.807, 2.05) is 0 Å². The van der Waals surface area contributed by atoms with E-state index in [0.717, 1.165) is 18.8 Å². The molecule has 1 aromatic heterocycles. The lowest BCUT2D eigenvalue weighted by molar-refractivity contribution is 0.0690. The summed E-state index contributed by atoms with van der Waals surface area (Å²) in [4.78, 5) is 16.8. The van der Waals surface area contributed by atoms with Crippen molar-refractivity contribution in [3.63, 3.8) is 0 Å². The minimum absolute atomic E-state index is 0.0648. The molecule has 0 fully saturated rings. The van der Waals surface area contributed by atoms with Gasteiger partial charge < -0.3 is 14.7 Å². The summed E-state index contributed by atoms with van der Waals surface area (Å²) in [6.07, 6.45) is 1.60. The maximum atomic E-state index is 10.7. The lowest BCUT2D eigenvalue weighted by Gasteiger charge is -2.26. The van der Waals surface area contributed by atoms with Gasteiger partial charge in [0.25, 0.3) is 0 Å². The molecule has 100 valence electrons. The van der Waals surface area contributed by atoms with Crippen molar-refractivity contribution in [1.82, 2.24) is 4.98 Å². The molecule has 18 heavy (non-hydrogen) atoms. The molecule has 0 aliphatic heterocycles. The number of ether oxygens (including phenoxy) is 1. The fraction of sp³-hybridized carbons (Fsp3) is 0.538. The first-order valence-electron chi connectivity index (χ1n) is 5.97. The van der Waals surface area contributed by atoms with E-state index < -0.39 is 5.97 Å². The molecule has 1 aromatic rings. The minimum atomic E-state index is -1.01. The third-order valence-corrected chi connectivity index (χ3v) is 2.48. The first-order valence-corrected chi connectivity index (χ1v) is 5.97. The molecule has 0 saturated carbocycles. The molecule has 1 rings (SSSR count). The van der Waals surface area contributed by atoms with Crippen molar-refractivity contribution >= 4 is 11.7 Å². The molecular weight excluding hydrogens is 232 g/mol. The number of nitrogens with zero attached hydrogens (tertiary/aromatic N) is 2. The number of hydrogen-bond acceptors (Lipinski definition) is 4. The van der Waals surface area contributed by atoms with Crippen molar-refractivity contribution < 1.29 is 14.6 Å². The van der Waals surface area contributed by atoms with Crippen LogP contribution >= 0.6 is 0 Å². The van der Waals surface area contributed by atoms with Crippen molar-refractivity contribution in [1.29, 1.82) is 0 Å². The standard InChI is InChI=1S/C13H20N2O3/c1-10(2)9-15(6-7-18-3)11-4-5-12(13(16)17)14-8-11/h4-5,8,10H,6-7,9H2,1-3H3,(H,16,17). The Labute approximate surface area is 107 Å². The highest BCUT2D eigenvalue weighted by Crippen LogP contribution is 2.15. The Morgan fingerprint density at radius 2 is 2.22 bits per heavy atom. The monoisotopic (exact) mass is 252 g/mol. The number of pyridine rings is 1. The second-order valence-corrected chi connectivity index (χ2v) is 4.54. The van der Waals surface area contributed by atoms with Gasteiger partial charge in [-0.3, -0.25) is 0 Å². The number of carbonyl (C=O) groups is 1. The molecule has 1 heterocycles. The highest BCUT2D eigenvalue weighted by molar-refractivity contribution is 5.85. The lowest BCUT2D eigenvalue weighted by Crippen LogP contribution is -2.31. The van der Waals surface area contributed by atoms with E-state index in [-0.39, 0.29) is 5.69 Å². The predicted molar refractivity (Wildman–Crippen MR) is 70.1 cm³/mol. The summed E-state index contributed by atoms with van der Waals surface area (Å²) in [5, 5.41) is 8.81. The average Bonchev–Trinajstić information content (AvgIpc) is 2.34. The van der Waals surface area contributed by atoms with Gasteiger partial charge in [-0.25, -0.2) is 9.78 Å². The summed E-state index contributed by atoms with van der Waals surface area (Å²) in [6.45, 7) is 6.56. The van der Waals surface area contributed by atoms with Gasteiger partial charge in [0.2, 0.25) is 0 Å². The highest BCUT2D eigenvalue weighted by atomic mass is 16.5. The average molecular weight is 252 g/mol. The van der Waals surface area contributed by atoms with Crippen LogP contribution in [-0.2, 0) is 4.74 Å². The van der Waals surface area contributed by atoms with Gasteiger partial charge in [0, 0.05) is 20.2 Å². The molecule has 0 aliphatic rings. The van der Waals surface area contributed by atoms with Crippen LogP contribution in [0.1, 0.15) is 24.3 Å². The molecule has 0 saturated heterocycles. The number of aromatic carboxylic acids is 1. The van der Waals surface area contributed by atoms with E-state index >= 15 is 0 Å². The van der Waals surface area contributed by atoms with Crippen LogP contribution in [0, 0.1) is 5.92 Å². The van der Waals surface area contributed by atoms with Gasteiger partial charge >= 0.3 is 5.97 Å². The van der Waals surface area contributed by atoms with Gasteiger partial charge in [0.05, 0.1) is 18.5 Å². The molecule has 0 aromatic carbocycles. The van der Waals surface area contributed by atoms with Crippen molar-refractivity contribution in [3.8, 4) is 0 Å². The van der Waals surface area contributed by atoms with E-state index in [0.29, 0.717) is 12.5 Å². The van der Waals surface area contributed by atoms with Crippen LogP contribution in [0.2, 0.25) is 0 Å². The maximum Gasteiger partial charge on any atom is 0.354 e. The summed E-state index contributed by atoms with van der Waals surface area (Å²) in [5.41, 5.74) is 0.987. The molecule has 0 unspecified atom stereocenters. The van der Waals surface area contributed by atoms with Crippen LogP contribution in [0.15, 0.2) is 18.3 Å². The Morgan fingerprint density at radius 3 is 2.67 bits per heavy atom. The third-order valence-electron chi connectivity index (χ3n) is 2.48. The highest BCUT2D eigenvalue weighted by Gasteiger charge is 2.10. The first-order chi connectivity index (χ1) is 8.54. The van der Waals surface area contributed by atoms with Crippen LogP contribution in [0.5, 0.6) is 0 Å². The van der Waals surface area contributed by atoms with Crippen molar-refractivity contribution in [3.05, 3.63) is 24.0 Å². The summed E-state index contributed by atoms with van der Waals surface area (Å²) in [6, 6.07) is 3.31. The topological polar surface area (TPSA) is 62.7 Å². The number of hydrogen-bond donors (Lipinski definition) is 1. The summed E-state index contributed by atoms with van der Waals surface area (Å²) in [7, 11) is 1.67. The maximum absolute atomic E-state index is 10.7. The fourth-order valence-corrected chi connectivity index (χ4v) is 1.67. The van der Waals surface area contributed by atoms with Gasteiger partial charge in [-0.05, 0) is 18.1 Å². The van der Waals surface area contributed by atoms with E-state index in [9.17, 15) is 4.79 Å². The molecule has 1 N–H and O–H groups in total. The van der Waals surface area contributed by atoms with E-state index in [2.05, 4.69) is 23.7 Å². The Hall–Kier alpha value is -1.62. The van der Waals surface area contributed by atoms with Gasteiger partial charge in [-0.1, -0.05) is 13.8 Å². The molecule has 5 heteroatoms. The van der Waals surface area contributed by atoms with Gasteiger partial charge in [0.1, 0.15) is 5.69 Å². The number of rotatable bonds is 7. The van der Waals surface area contributed by atoms with E-state index in [4.69, 9.17) is 9.84 Å². The van der Waals surface area contributed by atoms with Gasteiger partial charge in [-0.2, -0.15) is 0 Å². The van der Waals surface area contributed by atoms with Crippen molar-refractivity contribution in [2.24, 2.45) is 5.92 Å². The number of anilines is 1. The molecule has 0 aliphatic carbocycles. The second kappa shape index (κ2) is 6.96. The Kier molecular flexibility index (Phi) is 5.58. The van der Waals surface area contributed by atoms with Gasteiger partial charge in [-0.15, -0.1) is 0 Å². The third kappa shape index (κ3) is 4.33. The molecule has 0 spiro atoms. The predicted octanol–water partition coefficient (Wildman–Crippen LogP) is 1.89. The second-order valence-electron chi connectivity index (χ2n) is 4.54. The molecular formula is C13H20N2O3. The Bertz CT molecular complexity index is 376. The first kappa shape index (κ1) is 14.4. The lowest BCUT2D eigenvalue weighted by atomic mass is 10.2. The zero-order valence-corrected chi connectivity index (χ0v) is 11.1. The quantitative estimate of drug-likeness (QED) is 0.803. The molecule has 0 radical (unpaired) electrons. The summed E-state index contributed by atoms with van der Waals surface area (Å²) < 4.78 is 5.08. The fourth-order valence-electron chi connectivity index (χ4n) is 1.67. The number of aromatic nitrogens is 1. The van der Waals surface area contributed by atoms with Gasteiger partial charge in [0.15, 0.2) is 0 Å². The Balaban J connectivity index is 2.80. The SMILES string of the molecule is COCCN(CC(C)C)c1ccc(C(=O)O)nc1. The largest absolute Gasteiger partial charge is 0.477 e. The zero-order chi connectivity index (χ0) is 13.5. The molecule has 5 nitrogen and oxygen atoms in total. The summed E-state index contributed by atoms with van der Waals surface area (Å²) in [5.74, 6) is -0.491. The van der Waals surface area contributed by atoms with E-state index in [1.165, 1.54) is 6.07 Å². The van der Waals surface area contributed by atoms with Crippen molar-refractivity contribution in [2.75, 3.05) is 31.7 Å². The van der Waals surface area contributed by atoms with Crippen LogP contribution in [0.4, 0.5) is 5.69 Å². The summed E-state index contributed by atoms with van der Waals surface area (Å²) >= 11 is 0. The zero-order valence-electron chi connectivity index (χ0n) is 11.1. The van der Waals surface area contributed by atoms with Crippen molar-refractivity contribution in [2.45, 2.75) is 13.8 Å². The molecule has 0 amide bonds. The number of carboxylic acid groups (broad SMARTS) is 1. The smallest absolute Gasteiger partial charge is 0.354 e. The van der Waals surface area contributed by atoms with Crippen LogP contribution in [0.25, 0.3) is 0 Å².